The highest BCUT2D eigenvalue weighted by Crippen LogP contribution is 2.47. The number of H-pyrrole nitrogens is 1. The standard InChI is InChI=1S/C25H27N5O2/c26-23(31)17-6-5-16-11-21(28-20(16)12-17)24(32)30-15-25(19-3-1-2-4-22(19)30)8-10-29(14-25)18-7-9-27-13-18/h1-6,11-12,18,27-28H,7-10,13-15H2,(H2,26,31)/t18?,25-/m1/s1. The van der Waals surface area contributed by atoms with Gasteiger partial charge in [0.25, 0.3) is 5.91 Å². The zero-order valence-corrected chi connectivity index (χ0v) is 17.9. The summed E-state index contributed by atoms with van der Waals surface area (Å²) in [7, 11) is 0. The largest absolute Gasteiger partial charge is 0.366 e. The van der Waals surface area contributed by atoms with Crippen LogP contribution in [-0.4, -0.2) is 60.5 Å². The monoisotopic (exact) mass is 429 g/mol. The average molecular weight is 430 g/mol. The minimum atomic E-state index is -0.479. The smallest absolute Gasteiger partial charge is 0.274 e. The molecule has 2 atom stereocenters. The lowest BCUT2D eigenvalue weighted by Crippen LogP contribution is -2.41. The molecule has 0 saturated carbocycles. The highest BCUT2D eigenvalue weighted by Gasteiger charge is 2.50. The van der Waals surface area contributed by atoms with E-state index < -0.39 is 5.91 Å². The lowest BCUT2D eigenvalue weighted by atomic mass is 9.81. The second kappa shape index (κ2) is 7.18. The van der Waals surface area contributed by atoms with Crippen molar-refractivity contribution < 1.29 is 9.59 Å². The molecule has 0 aliphatic carbocycles. The third-order valence-corrected chi connectivity index (χ3v) is 7.54. The first-order valence-electron chi connectivity index (χ1n) is 11.3. The number of carbonyl (C=O) groups is 2. The number of fused-ring (bicyclic) bond motifs is 3. The Morgan fingerprint density at radius 3 is 2.78 bits per heavy atom. The molecule has 3 aromatic rings. The topological polar surface area (TPSA) is 94.5 Å². The molecule has 1 aromatic heterocycles. The van der Waals surface area contributed by atoms with Crippen molar-refractivity contribution in [3.8, 4) is 0 Å². The maximum absolute atomic E-state index is 13.7. The molecule has 1 unspecified atom stereocenters. The minimum Gasteiger partial charge on any atom is -0.366 e. The fourth-order valence-corrected chi connectivity index (χ4v) is 5.87. The number of benzene rings is 2. The van der Waals surface area contributed by atoms with E-state index >= 15 is 0 Å². The van der Waals surface area contributed by atoms with Crippen molar-refractivity contribution in [2.24, 2.45) is 5.73 Å². The lowest BCUT2D eigenvalue weighted by Gasteiger charge is -2.28. The van der Waals surface area contributed by atoms with Gasteiger partial charge in [-0.15, -0.1) is 0 Å². The predicted molar refractivity (Wildman–Crippen MR) is 124 cm³/mol. The number of likely N-dealkylation sites (tertiary alicyclic amines) is 1. The van der Waals surface area contributed by atoms with Crippen LogP contribution in [0.2, 0.25) is 0 Å². The molecule has 3 aliphatic heterocycles. The van der Waals surface area contributed by atoms with Gasteiger partial charge < -0.3 is 20.9 Å². The van der Waals surface area contributed by atoms with E-state index in [4.69, 9.17) is 5.73 Å². The van der Waals surface area contributed by atoms with Crippen molar-refractivity contribution in [1.29, 1.82) is 0 Å². The third kappa shape index (κ3) is 2.96. The maximum atomic E-state index is 13.7. The molecule has 2 fully saturated rings. The Kier molecular flexibility index (Phi) is 4.38. The highest BCUT2D eigenvalue weighted by molar-refractivity contribution is 6.09. The Bertz CT molecular complexity index is 1230. The molecular formula is C25H27N5O2. The number of para-hydroxylation sites is 1. The van der Waals surface area contributed by atoms with Crippen LogP contribution < -0.4 is 16.0 Å². The third-order valence-electron chi connectivity index (χ3n) is 7.54. The molecule has 32 heavy (non-hydrogen) atoms. The molecule has 2 saturated heterocycles. The number of nitrogens with zero attached hydrogens (tertiary/aromatic N) is 2. The minimum absolute atomic E-state index is 0.0139. The van der Waals surface area contributed by atoms with Crippen LogP contribution in [0.5, 0.6) is 0 Å². The predicted octanol–water partition coefficient (Wildman–Crippen LogP) is 2.23. The van der Waals surface area contributed by atoms with Crippen molar-refractivity contribution in [2.75, 3.05) is 37.6 Å². The zero-order chi connectivity index (χ0) is 21.9. The van der Waals surface area contributed by atoms with E-state index in [9.17, 15) is 9.59 Å². The van der Waals surface area contributed by atoms with Crippen LogP contribution in [0.15, 0.2) is 48.5 Å². The van der Waals surface area contributed by atoms with Crippen LogP contribution in [0.4, 0.5) is 5.69 Å². The van der Waals surface area contributed by atoms with Gasteiger partial charge in [0.1, 0.15) is 5.69 Å². The molecule has 4 N–H and O–H groups in total. The first kappa shape index (κ1) is 19.5. The van der Waals surface area contributed by atoms with Gasteiger partial charge in [-0.25, -0.2) is 0 Å². The Morgan fingerprint density at radius 2 is 1.97 bits per heavy atom. The molecule has 7 heteroatoms. The van der Waals surface area contributed by atoms with Gasteiger partial charge >= 0.3 is 0 Å². The van der Waals surface area contributed by atoms with Crippen LogP contribution in [0.3, 0.4) is 0 Å². The molecule has 1 spiro atoms. The van der Waals surface area contributed by atoms with E-state index in [2.05, 4.69) is 33.4 Å². The summed E-state index contributed by atoms with van der Waals surface area (Å²) in [6.07, 6.45) is 2.27. The summed E-state index contributed by atoms with van der Waals surface area (Å²) in [6, 6.07) is 16.0. The lowest BCUT2D eigenvalue weighted by molar-refractivity contribution is 0.0978. The zero-order valence-electron chi connectivity index (χ0n) is 17.9. The number of amides is 2. The summed E-state index contributed by atoms with van der Waals surface area (Å²) in [6.45, 7) is 4.92. The van der Waals surface area contributed by atoms with Gasteiger partial charge in [-0.2, -0.15) is 0 Å². The summed E-state index contributed by atoms with van der Waals surface area (Å²) in [4.78, 5) is 32.9. The van der Waals surface area contributed by atoms with E-state index in [1.54, 1.807) is 12.1 Å². The normalized spacial score (nSPS) is 25.1. The highest BCUT2D eigenvalue weighted by atomic mass is 16.2. The number of anilines is 1. The molecule has 164 valence electrons. The summed E-state index contributed by atoms with van der Waals surface area (Å²) in [5, 5.41) is 4.37. The van der Waals surface area contributed by atoms with Gasteiger partial charge in [0.05, 0.1) is 0 Å². The quantitative estimate of drug-likeness (QED) is 0.595. The molecule has 7 nitrogen and oxygen atoms in total. The molecule has 0 bridgehead atoms. The van der Waals surface area contributed by atoms with Crippen molar-refractivity contribution in [1.82, 2.24) is 15.2 Å². The molecule has 6 rings (SSSR count). The van der Waals surface area contributed by atoms with Gasteiger partial charge in [0.15, 0.2) is 0 Å². The van der Waals surface area contributed by atoms with Crippen molar-refractivity contribution in [2.45, 2.75) is 24.3 Å². The van der Waals surface area contributed by atoms with Gasteiger partial charge in [-0.3, -0.25) is 14.5 Å². The number of hydrogen-bond donors (Lipinski definition) is 3. The molecule has 3 aliphatic rings. The first-order chi connectivity index (χ1) is 15.5. The van der Waals surface area contributed by atoms with Crippen molar-refractivity contribution >= 4 is 28.4 Å². The summed E-state index contributed by atoms with van der Waals surface area (Å²) >= 11 is 0. The molecular weight excluding hydrogens is 402 g/mol. The van der Waals surface area contributed by atoms with Gasteiger partial charge in [-0.05, 0) is 55.8 Å². The van der Waals surface area contributed by atoms with E-state index in [-0.39, 0.29) is 11.3 Å². The number of aromatic nitrogens is 1. The van der Waals surface area contributed by atoms with E-state index in [0.717, 1.165) is 49.2 Å². The Balaban J connectivity index is 1.32. The van der Waals surface area contributed by atoms with Gasteiger partial charge in [-0.1, -0.05) is 24.3 Å². The molecule has 2 amide bonds. The van der Waals surface area contributed by atoms with Crippen LogP contribution in [0, 0.1) is 0 Å². The van der Waals surface area contributed by atoms with E-state index in [1.165, 1.54) is 12.0 Å². The molecule has 2 aromatic carbocycles. The van der Waals surface area contributed by atoms with Crippen LogP contribution in [0.25, 0.3) is 10.9 Å². The number of rotatable bonds is 3. The van der Waals surface area contributed by atoms with Gasteiger partial charge in [0, 0.05) is 53.2 Å². The number of nitrogens with two attached hydrogens (primary N) is 1. The molecule has 4 heterocycles. The number of aromatic amines is 1. The van der Waals surface area contributed by atoms with E-state index in [0.29, 0.717) is 23.8 Å². The first-order valence-corrected chi connectivity index (χ1v) is 11.3. The van der Waals surface area contributed by atoms with Crippen LogP contribution in [0.1, 0.15) is 39.3 Å². The van der Waals surface area contributed by atoms with Crippen molar-refractivity contribution in [3.05, 3.63) is 65.4 Å². The maximum Gasteiger partial charge on any atom is 0.274 e. The average Bonchev–Trinajstić information content (AvgIpc) is 3.59. The summed E-state index contributed by atoms with van der Waals surface area (Å²) in [5.41, 5.74) is 9.40. The number of primary amides is 1. The summed E-state index contributed by atoms with van der Waals surface area (Å²) < 4.78 is 0. The molecule has 0 radical (unpaired) electrons. The fraction of sp³-hybridized carbons (Fsp3) is 0.360. The van der Waals surface area contributed by atoms with E-state index in [1.807, 2.05) is 23.1 Å². The second-order valence-electron chi connectivity index (χ2n) is 9.41. The SMILES string of the molecule is NC(=O)c1ccc2cc(C(=O)N3C[C@]4(CCN(C5CCNC5)C4)c4ccccc43)[nH]c2c1. The number of nitrogens with one attached hydrogen (secondary N) is 2. The second-order valence-corrected chi connectivity index (χ2v) is 9.41. The van der Waals surface area contributed by atoms with Crippen LogP contribution >= 0.6 is 0 Å². The fourth-order valence-electron chi connectivity index (χ4n) is 5.87. The number of hydrogen-bond acceptors (Lipinski definition) is 4. The van der Waals surface area contributed by atoms with Crippen molar-refractivity contribution in [3.63, 3.8) is 0 Å². The Morgan fingerprint density at radius 1 is 1.09 bits per heavy atom. The van der Waals surface area contributed by atoms with Gasteiger partial charge in [0.2, 0.25) is 5.91 Å². The Hall–Kier alpha value is -3.16. The summed E-state index contributed by atoms with van der Waals surface area (Å²) in [5.74, 6) is -0.514. The number of carbonyl (C=O) groups excluding carboxylic acids is 2. The Labute approximate surface area is 186 Å². The van der Waals surface area contributed by atoms with Crippen LogP contribution in [-0.2, 0) is 5.41 Å².